The standard InChI is InChI=1S/C23H24ClN3O/c24-21-10-5-9-20(15-21)23(11-3-4-12-23)22(28)25-16-18-7-1-2-8-19(18)17-27-14-6-13-26-27/h1-2,5-10,13-15H,3-4,11-12,16-17H2,(H,25,28). The molecule has 1 N–H and O–H groups in total. The van der Waals surface area contributed by atoms with Gasteiger partial charge in [-0.2, -0.15) is 5.10 Å². The molecule has 4 rings (SSSR count). The van der Waals surface area contributed by atoms with Gasteiger partial charge in [-0.15, -0.1) is 0 Å². The van der Waals surface area contributed by atoms with Crippen molar-refractivity contribution in [2.24, 2.45) is 0 Å². The molecule has 2 aromatic carbocycles. The maximum atomic E-state index is 13.3. The molecule has 1 amide bonds. The first kappa shape index (κ1) is 18.8. The second kappa shape index (κ2) is 8.19. The Morgan fingerprint density at radius 1 is 1.07 bits per heavy atom. The molecule has 1 saturated carbocycles. The van der Waals surface area contributed by atoms with E-state index in [-0.39, 0.29) is 5.91 Å². The van der Waals surface area contributed by atoms with E-state index in [0.29, 0.717) is 18.1 Å². The molecule has 0 unspecified atom stereocenters. The van der Waals surface area contributed by atoms with Crippen molar-refractivity contribution in [2.45, 2.75) is 44.2 Å². The molecular weight excluding hydrogens is 370 g/mol. The van der Waals surface area contributed by atoms with Crippen LogP contribution < -0.4 is 5.32 Å². The minimum absolute atomic E-state index is 0.0983. The third-order valence-corrected chi connectivity index (χ3v) is 5.95. The van der Waals surface area contributed by atoms with Gasteiger partial charge in [0.15, 0.2) is 0 Å². The Labute approximate surface area is 170 Å². The summed E-state index contributed by atoms with van der Waals surface area (Å²) in [4.78, 5) is 13.3. The van der Waals surface area contributed by atoms with E-state index >= 15 is 0 Å². The largest absolute Gasteiger partial charge is 0.351 e. The van der Waals surface area contributed by atoms with Crippen LogP contribution in [0.3, 0.4) is 0 Å². The molecule has 1 fully saturated rings. The first-order valence-electron chi connectivity index (χ1n) is 9.76. The number of hydrogen-bond donors (Lipinski definition) is 1. The zero-order valence-electron chi connectivity index (χ0n) is 15.8. The number of nitrogens with zero attached hydrogens (tertiary/aromatic N) is 2. The number of carbonyl (C=O) groups is 1. The van der Waals surface area contributed by atoms with Gasteiger partial charge >= 0.3 is 0 Å². The summed E-state index contributed by atoms with van der Waals surface area (Å²) in [6.07, 6.45) is 7.59. The minimum atomic E-state index is -0.470. The SMILES string of the molecule is O=C(NCc1ccccc1Cn1cccn1)C1(c2cccc(Cl)c2)CCCC1. The molecule has 28 heavy (non-hydrogen) atoms. The Morgan fingerprint density at radius 2 is 1.86 bits per heavy atom. The topological polar surface area (TPSA) is 46.9 Å². The molecule has 0 spiro atoms. The van der Waals surface area contributed by atoms with E-state index < -0.39 is 5.41 Å². The van der Waals surface area contributed by atoms with Crippen molar-refractivity contribution >= 4 is 17.5 Å². The zero-order valence-corrected chi connectivity index (χ0v) is 16.5. The number of benzene rings is 2. The highest BCUT2D eigenvalue weighted by Crippen LogP contribution is 2.42. The van der Waals surface area contributed by atoms with Crippen LogP contribution in [0.25, 0.3) is 0 Å². The molecule has 0 saturated heterocycles. The molecular formula is C23H24ClN3O. The van der Waals surface area contributed by atoms with Crippen molar-refractivity contribution in [3.05, 3.63) is 88.7 Å². The van der Waals surface area contributed by atoms with Gasteiger partial charge in [-0.1, -0.05) is 60.8 Å². The number of rotatable bonds is 6. The molecule has 0 atom stereocenters. The average Bonchev–Trinajstić information content (AvgIpc) is 3.40. The second-order valence-corrected chi connectivity index (χ2v) is 7.89. The van der Waals surface area contributed by atoms with Gasteiger partial charge in [0.05, 0.1) is 12.0 Å². The predicted molar refractivity (Wildman–Crippen MR) is 111 cm³/mol. The van der Waals surface area contributed by atoms with Gasteiger partial charge in [-0.3, -0.25) is 9.48 Å². The molecule has 1 heterocycles. The lowest BCUT2D eigenvalue weighted by Gasteiger charge is -2.28. The number of nitrogens with one attached hydrogen (secondary N) is 1. The fraction of sp³-hybridized carbons (Fsp3) is 0.304. The van der Waals surface area contributed by atoms with Crippen LogP contribution in [0.4, 0.5) is 0 Å². The zero-order chi connectivity index (χ0) is 19.4. The predicted octanol–water partition coefficient (Wildman–Crippen LogP) is 4.71. The van der Waals surface area contributed by atoms with Crippen LogP contribution in [0, 0.1) is 0 Å². The van der Waals surface area contributed by atoms with Crippen LogP contribution in [0.15, 0.2) is 67.0 Å². The molecule has 5 heteroatoms. The maximum Gasteiger partial charge on any atom is 0.230 e. The summed E-state index contributed by atoms with van der Waals surface area (Å²) >= 11 is 6.21. The van der Waals surface area contributed by atoms with E-state index in [2.05, 4.69) is 22.5 Å². The summed E-state index contributed by atoms with van der Waals surface area (Å²) < 4.78 is 1.89. The van der Waals surface area contributed by atoms with Crippen molar-refractivity contribution < 1.29 is 4.79 Å². The van der Waals surface area contributed by atoms with E-state index in [9.17, 15) is 4.79 Å². The highest BCUT2D eigenvalue weighted by atomic mass is 35.5. The Balaban J connectivity index is 1.52. The molecule has 0 radical (unpaired) electrons. The van der Waals surface area contributed by atoms with Gasteiger partial charge in [-0.25, -0.2) is 0 Å². The van der Waals surface area contributed by atoms with Crippen molar-refractivity contribution in [1.29, 1.82) is 0 Å². The van der Waals surface area contributed by atoms with E-state index in [0.717, 1.165) is 42.4 Å². The summed E-state index contributed by atoms with van der Waals surface area (Å²) in [5.41, 5.74) is 2.84. The first-order valence-corrected chi connectivity index (χ1v) is 10.1. The summed E-state index contributed by atoms with van der Waals surface area (Å²) in [5, 5.41) is 8.18. The van der Waals surface area contributed by atoms with Crippen molar-refractivity contribution in [3.8, 4) is 0 Å². The highest BCUT2D eigenvalue weighted by Gasteiger charge is 2.42. The van der Waals surface area contributed by atoms with Crippen molar-refractivity contribution in [1.82, 2.24) is 15.1 Å². The fourth-order valence-corrected chi connectivity index (χ4v) is 4.40. The lowest BCUT2D eigenvalue weighted by molar-refractivity contribution is -0.126. The van der Waals surface area contributed by atoms with Gasteiger partial charge in [0.1, 0.15) is 0 Å². The lowest BCUT2D eigenvalue weighted by atomic mass is 9.78. The van der Waals surface area contributed by atoms with Gasteiger partial charge < -0.3 is 5.32 Å². The van der Waals surface area contributed by atoms with E-state index in [1.165, 1.54) is 0 Å². The van der Waals surface area contributed by atoms with Crippen molar-refractivity contribution in [3.63, 3.8) is 0 Å². The molecule has 1 aliphatic carbocycles. The molecule has 0 aliphatic heterocycles. The number of aromatic nitrogens is 2. The van der Waals surface area contributed by atoms with Crippen LogP contribution in [0.5, 0.6) is 0 Å². The molecule has 1 aliphatic rings. The number of carbonyl (C=O) groups excluding carboxylic acids is 1. The second-order valence-electron chi connectivity index (χ2n) is 7.45. The van der Waals surface area contributed by atoms with Gasteiger partial charge in [0, 0.05) is 24.0 Å². The third-order valence-electron chi connectivity index (χ3n) is 5.72. The van der Waals surface area contributed by atoms with Crippen LogP contribution in [0.1, 0.15) is 42.4 Å². The third kappa shape index (κ3) is 3.83. The van der Waals surface area contributed by atoms with Gasteiger partial charge in [0.2, 0.25) is 5.91 Å². The lowest BCUT2D eigenvalue weighted by Crippen LogP contribution is -2.42. The number of hydrogen-bond acceptors (Lipinski definition) is 2. The molecule has 0 bridgehead atoms. The van der Waals surface area contributed by atoms with Crippen LogP contribution >= 0.6 is 11.6 Å². The monoisotopic (exact) mass is 393 g/mol. The quantitative estimate of drug-likeness (QED) is 0.659. The summed E-state index contributed by atoms with van der Waals surface area (Å²) in [5.74, 6) is 0.0983. The molecule has 4 nitrogen and oxygen atoms in total. The van der Waals surface area contributed by atoms with Gasteiger partial charge in [0.25, 0.3) is 0 Å². The Bertz CT molecular complexity index is 946. The van der Waals surface area contributed by atoms with Crippen LogP contribution in [-0.4, -0.2) is 15.7 Å². The average molecular weight is 394 g/mol. The van der Waals surface area contributed by atoms with Gasteiger partial charge in [-0.05, 0) is 47.7 Å². The normalized spacial score (nSPS) is 15.5. The minimum Gasteiger partial charge on any atom is -0.351 e. The van der Waals surface area contributed by atoms with E-state index in [4.69, 9.17) is 11.6 Å². The van der Waals surface area contributed by atoms with E-state index in [1.807, 2.05) is 53.3 Å². The molecule has 144 valence electrons. The van der Waals surface area contributed by atoms with E-state index in [1.54, 1.807) is 6.20 Å². The Hall–Kier alpha value is -2.59. The highest BCUT2D eigenvalue weighted by molar-refractivity contribution is 6.30. The first-order chi connectivity index (χ1) is 13.7. The molecule has 3 aromatic rings. The number of amides is 1. The fourth-order valence-electron chi connectivity index (χ4n) is 4.21. The summed E-state index contributed by atoms with van der Waals surface area (Å²) in [6.45, 7) is 1.21. The van der Waals surface area contributed by atoms with Crippen LogP contribution in [-0.2, 0) is 23.3 Å². The van der Waals surface area contributed by atoms with Crippen LogP contribution in [0.2, 0.25) is 5.02 Å². The maximum absolute atomic E-state index is 13.3. The smallest absolute Gasteiger partial charge is 0.230 e. The Morgan fingerprint density at radius 3 is 2.57 bits per heavy atom. The summed E-state index contributed by atoms with van der Waals surface area (Å²) in [7, 11) is 0. The number of halogens is 1. The molecule has 1 aromatic heterocycles. The van der Waals surface area contributed by atoms with Crippen molar-refractivity contribution in [2.75, 3.05) is 0 Å². The summed E-state index contributed by atoms with van der Waals surface area (Å²) in [6, 6.07) is 17.9. The Kier molecular flexibility index (Phi) is 5.49.